The van der Waals surface area contributed by atoms with E-state index in [4.69, 9.17) is 82.3 Å². The van der Waals surface area contributed by atoms with Crippen molar-refractivity contribution in [1.29, 1.82) is 5.26 Å². The molecule has 0 radical (unpaired) electrons. The number of carboxylic acids is 2. The Hall–Kier alpha value is -10.2. The molecule has 4 aliphatic rings. The summed E-state index contributed by atoms with van der Waals surface area (Å²) in [6, 6.07) is 56.8. The minimum Gasteiger partial charge on any atom is -0.870 e. The van der Waals surface area contributed by atoms with E-state index < -0.39 is 42.5 Å². The number of ketones is 1. The van der Waals surface area contributed by atoms with Crippen LogP contribution in [0.2, 0.25) is 10.3 Å². The third-order valence-corrected chi connectivity index (χ3v) is 18.0. The smallest absolute Gasteiger partial charge is 0.870 e. The molecule has 8 aromatic carbocycles. The van der Waals surface area contributed by atoms with Gasteiger partial charge >= 0.3 is 53.4 Å². The number of halogens is 8. The van der Waals surface area contributed by atoms with Crippen LogP contribution in [0.3, 0.4) is 0 Å². The Bertz CT molecular complexity index is 4830. The minimum atomic E-state index is -0.953. The predicted octanol–water partition coefficient (Wildman–Crippen LogP) is 14.1. The van der Waals surface area contributed by atoms with Crippen molar-refractivity contribution in [2.45, 2.75) is 58.8 Å². The summed E-state index contributed by atoms with van der Waals surface area (Å²) in [5.74, 6) is 2.42. The van der Waals surface area contributed by atoms with E-state index in [0.717, 1.165) is 45.9 Å². The van der Waals surface area contributed by atoms with E-state index in [1.807, 2.05) is 64.1 Å². The van der Waals surface area contributed by atoms with E-state index in [0.29, 0.717) is 178 Å². The summed E-state index contributed by atoms with van der Waals surface area (Å²) in [5, 5.41) is 32.9. The molecule has 10 aromatic rings. The van der Waals surface area contributed by atoms with Crippen LogP contribution in [0.5, 0.6) is 46.0 Å². The van der Waals surface area contributed by atoms with Gasteiger partial charge in [-0.3, -0.25) is 24.3 Å². The zero-order chi connectivity index (χ0) is 86.0. The third-order valence-electron chi connectivity index (χ3n) is 17.2. The quantitative estimate of drug-likeness (QED) is 0.00883. The Labute approximate surface area is 751 Å². The number of aromatic nitrogens is 2. The number of carbonyl (C=O) groups is 6. The molecule has 122 heavy (non-hydrogen) atoms. The van der Waals surface area contributed by atoms with Crippen LogP contribution in [-0.4, -0.2) is 218 Å². The first kappa shape index (κ1) is 104. The number of hydrogen-bond donors (Lipinski definition) is 4. The summed E-state index contributed by atoms with van der Waals surface area (Å²) >= 11 is 14.9. The molecular formula is C88H95BrCl3F4N8NaO17. The number of benzene rings is 8. The fraction of sp³-hybridized carbons (Fsp3) is 0.307. The van der Waals surface area contributed by atoms with Crippen LogP contribution in [-0.2, 0) is 9.47 Å². The number of carboxylic acid groups (broad SMARTS) is 2. The van der Waals surface area contributed by atoms with E-state index in [2.05, 4.69) is 31.2 Å². The Balaban J connectivity index is 0.000000301. The van der Waals surface area contributed by atoms with Gasteiger partial charge in [0.2, 0.25) is 5.91 Å². The average molecular weight is 1820 g/mol. The van der Waals surface area contributed by atoms with Gasteiger partial charge in [-0.2, -0.15) is 5.26 Å². The normalized spacial score (nSPS) is 13.1. The molecule has 4 aliphatic heterocycles. The number of pyridine rings is 2. The van der Waals surface area contributed by atoms with Crippen molar-refractivity contribution in [3.8, 4) is 52.1 Å². The molecule has 0 spiro atoms. The standard InChI is InChI=1S/C18H14ClNO2.C16H10ClNO3.C14H18FNO3.C12H15FN2O2.C12H14FNO3.C11H13BrO3.C3H6FN.C2H3N.ClH.Na.H2O/c1-2-17(21)16-5-3-4-12-10-13(6-7-15(12)16)22-14-8-9-20-18(19)11-14;17-15-9-12(6-7-18-15)21-11-4-5-13-10(8-11)2-1-3-14(13)16(19)20;1-2-18-14(17)11-3-5-13(6-4-11)19-8-7-16-9-12(15)10-16;13-10-7-15(8-10)5-6-17-11-3-1-9(2-4-11)12(14)16;13-10-7-14(8-10)5-6-17-11-3-1-9(2-4-11)12(15)16;1-2-14-11(13)9-3-5-10(6-4-9)15-8-7-12;4-3-1-5-2-3;1-2-3;;;/h3-11H,2H2,1H3;1-9H,(H,19,20);3-6,12H,2,7-10H2,1H3;1-4,10H,5-8H2,(H2,14,16);1-4,10H,5-8H2,(H,15,16);3-6H,2,7-8H2,1H3;3,5H,1-2H2;1H3;1H;;1H2/q;;;;;;;;;+1;/p-1. The number of hydrogen-bond acceptors (Lipinski definition) is 22. The van der Waals surface area contributed by atoms with Crippen LogP contribution >= 0.6 is 51.5 Å². The second kappa shape index (κ2) is 56.4. The molecule has 25 nitrogen and oxygen atoms in total. The Morgan fingerprint density at radius 3 is 1.12 bits per heavy atom. The van der Waals surface area contributed by atoms with Crippen LogP contribution in [0.25, 0.3) is 21.5 Å². The number of aromatic carboxylic acids is 2. The maximum Gasteiger partial charge on any atom is 1.00 e. The van der Waals surface area contributed by atoms with Crippen molar-refractivity contribution in [1.82, 2.24) is 30.0 Å². The third kappa shape index (κ3) is 36.8. The van der Waals surface area contributed by atoms with Crippen molar-refractivity contribution in [2.24, 2.45) is 5.73 Å². The number of nitrogens with zero attached hydrogens (tertiary/aromatic N) is 6. The molecule has 0 aliphatic carbocycles. The molecule has 0 bridgehead atoms. The topological polar surface area (TPSA) is 344 Å². The first-order valence-corrected chi connectivity index (χ1v) is 39.8. The molecule has 34 heteroatoms. The van der Waals surface area contributed by atoms with Crippen LogP contribution in [0.15, 0.2) is 207 Å². The second-order valence-corrected chi connectivity index (χ2v) is 27.7. The van der Waals surface area contributed by atoms with Gasteiger partial charge in [0.25, 0.3) is 0 Å². The average Bonchev–Trinajstić information content (AvgIpc) is 0.805. The number of amides is 1. The number of primary amides is 1. The molecular weight excluding hydrogens is 1730 g/mol. The van der Waals surface area contributed by atoms with E-state index in [1.54, 1.807) is 172 Å². The Morgan fingerprint density at radius 1 is 0.492 bits per heavy atom. The number of alkyl halides is 5. The molecule has 2 aromatic heterocycles. The first-order chi connectivity index (χ1) is 57.4. The number of carbonyl (C=O) groups excluding carboxylic acids is 4. The van der Waals surface area contributed by atoms with Crippen LogP contribution in [0.1, 0.15) is 96.3 Å². The zero-order valence-corrected chi connectivity index (χ0v) is 73.7. The fourth-order valence-corrected chi connectivity index (χ4v) is 11.5. The van der Waals surface area contributed by atoms with Crippen molar-refractivity contribution in [2.75, 3.05) is 117 Å². The zero-order valence-electron chi connectivity index (χ0n) is 67.7. The van der Waals surface area contributed by atoms with Crippen molar-refractivity contribution >= 4 is 109 Å². The molecule has 0 unspecified atom stereocenters. The van der Waals surface area contributed by atoms with Crippen molar-refractivity contribution in [3.63, 3.8) is 0 Å². The summed E-state index contributed by atoms with van der Waals surface area (Å²) in [6.07, 6.45) is 1.05. The van der Waals surface area contributed by atoms with Crippen molar-refractivity contribution in [3.05, 3.63) is 250 Å². The SMILES string of the molecule is CC#N.CCC(=O)c1cccc2cc(Oc3ccnc(Cl)c3)ccc12.CCOC(=O)c1ccc(OCCBr)cc1.CCOC(=O)c1ccc(OCCN2CC(F)C2)cc1.Cl.FC1CNC1.NC(=O)c1ccc(OCCN2CC(F)C2)cc1.O=C(O)c1ccc(OCCN2CC(F)C2)cc1.O=C(O)c1cccc2cc(Oc3ccnc(Cl)c3)ccc12.[Na+].[OH-]. The van der Waals surface area contributed by atoms with Crippen LogP contribution < -0.4 is 69.0 Å². The molecule has 4 fully saturated rings. The monoisotopic (exact) mass is 1820 g/mol. The summed E-state index contributed by atoms with van der Waals surface area (Å²) in [5.41, 5.74) is 7.89. The van der Waals surface area contributed by atoms with Gasteiger partial charge in [-0.1, -0.05) is 76.4 Å². The molecule has 6 N–H and O–H groups in total. The first-order valence-electron chi connectivity index (χ1n) is 37.9. The van der Waals surface area contributed by atoms with Gasteiger partial charge in [0.05, 0.1) is 48.1 Å². The molecule has 6 heterocycles. The van der Waals surface area contributed by atoms with E-state index in [9.17, 15) is 46.3 Å². The number of likely N-dealkylation sites (tertiary alicyclic amines) is 3. The van der Waals surface area contributed by atoms with E-state index in [1.165, 1.54) is 19.1 Å². The van der Waals surface area contributed by atoms with E-state index >= 15 is 0 Å². The number of ether oxygens (including phenoxy) is 8. The molecule has 14 rings (SSSR count). The number of fused-ring (bicyclic) bond motifs is 2. The molecule has 4 saturated heterocycles. The number of nitrogens with one attached hydrogen (secondary N) is 1. The molecule has 646 valence electrons. The maximum absolute atomic E-state index is 12.6. The second-order valence-electron chi connectivity index (χ2n) is 26.1. The van der Waals surface area contributed by atoms with Gasteiger partial charge in [0.15, 0.2) is 5.78 Å². The van der Waals surface area contributed by atoms with Crippen LogP contribution in [0.4, 0.5) is 17.6 Å². The summed E-state index contributed by atoms with van der Waals surface area (Å²) < 4.78 is 92.0. The van der Waals surface area contributed by atoms with Gasteiger partial charge in [-0.05, 0) is 187 Å². The van der Waals surface area contributed by atoms with Gasteiger partial charge in [0.1, 0.15) is 101 Å². The minimum absolute atomic E-state index is 0. The van der Waals surface area contributed by atoms with Crippen LogP contribution in [0, 0.1) is 11.3 Å². The number of rotatable bonds is 28. The summed E-state index contributed by atoms with van der Waals surface area (Å²) in [4.78, 5) is 81.1. The van der Waals surface area contributed by atoms with E-state index in [-0.39, 0.29) is 76.3 Å². The predicted molar refractivity (Wildman–Crippen MR) is 459 cm³/mol. The largest absolute Gasteiger partial charge is 1.00 e. The Morgan fingerprint density at radius 2 is 0.820 bits per heavy atom. The summed E-state index contributed by atoms with van der Waals surface area (Å²) in [7, 11) is 0. The van der Waals surface area contributed by atoms with Crippen molar-refractivity contribution < 1.29 is 129 Å². The molecule has 0 saturated carbocycles. The van der Waals surface area contributed by atoms with Gasteiger partial charge < -0.3 is 64.6 Å². The van der Waals surface area contributed by atoms with Gasteiger partial charge in [0, 0.05) is 126 Å². The van der Waals surface area contributed by atoms with Gasteiger partial charge in [-0.15, -0.1) is 12.4 Å². The maximum atomic E-state index is 12.6. The van der Waals surface area contributed by atoms with Gasteiger partial charge in [-0.25, -0.2) is 46.7 Å². The number of Topliss-reactive ketones (excluding diaryl/α,β-unsaturated/α-hetero) is 1. The number of nitrogens with two attached hydrogens (primary N) is 1. The number of nitriles is 1. The fourth-order valence-electron chi connectivity index (χ4n) is 11.0. The molecule has 1 amide bonds. The Kier molecular flexibility index (Phi) is 48.2. The molecule has 0 atom stereocenters. The summed E-state index contributed by atoms with van der Waals surface area (Å²) in [6.45, 7) is 16.0. The number of esters is 2.